The minimum Gasteiger partial charge on any atom is -0.383 e. The number of nitrogens with one attached hydrogen (secondary N) is 1. The number of carbonyl (C=O) groups excluding carboxylic acids is 1. The smallest absolute Gasteiger partial charge is 0.259 e. The average Bonchev–Trinajstić information content (AvgIpc) is 3.12. The van der Waals surface area contributed by atoms with Crippen molar-refractivity contribution in [2.24, 2.45) is 0 Å². The summed E-state index contributed by atoms with van der Waals surface area (Å²) in [6, 6.07) is 12.7. The van der Waals surface area contributed by atoms with Crippen LogP contribution in [0, 0.1) is 5.82 Å². The molecule has 1 N–H and O–H groups in total. The predicted molar refractivity (Wildman–Crippen MR) is 89.3 cm³/mol. The summed E-state index contributed by atoms with van der Waals surface area (Å²) in [6.45, 7) is 0.817. The summed E-state index contributed by atoms with van der Waals surface area (Å²) in [6.07, 6.45) is 0. The van der Waals surface area contributed by atoms with E-state index in [2.05, 4.69) is 15.5 Å². The molecule has 0 unspecified atom stereocenters. The Balaban J connectivity index is 1.87. The molecule has 0 aliphatic rings. The Kier molecular flexibility index (Phi) is 5.15. The fourth-order valence-electron chi connectivity index (χ4n) is 2.28. The highest BCUT2D eigenvalue weighted by molar-refractivity contribution is 6.00. The van der Waals surface area contributed by atoms with Gasteiger partial charge in [-0.1, -0.05) is 17.3 Å². The molecule has 0 spiro atoms. The van der Waals surface area contributed by atoms with Crippen molar-refractivity contribution in [3.05, 3.63) is 59.9 Å². The number of hydrogen-bond acceptors (Lipinski definition) is 5. The quantitative estimate of drug-likeness (QED) is 0.698. The molecule has 2 aromatic carbocycles. The molecule has 25 heavy (non-hydrogen) atoms. The minimum absolute atomic E-state index is 0.219. The van der Waals surface area contributed by atoms with Gasteiger partial charge >= 0.3 is 0 Å². The molecule has 0 fully saturated rings. The van der Waals surface area contributed by atoms with Crippen molar-refractivity contribution < 1.29 is 18.4 Å². The van der Waals surface area contributed by atoms with E-state index >= 15 is 0 Å². The van der Waals surface area contributed by atoms with E-state index in [9.17, 15) is 9.18 Å². The summed E-state index contributed by atoms with van der Waals surface area (Å²) in [5.41, 5.74) is 1.57. The van der Waals surface area contributed by atoms with Gasteiger partial charge in [0.05, 0.1) is 17.7 Å². The van der Waals surface area contributed by atoms with Crippen LogP contribution in [0.3, 0.4) is 0 Å². The Bertz CT molecular complexity index is 862. The fraction of sp³-hybridized carbons (Fsp3) is 0.167. The number of ether oxygens (including phenoxy) is 1. The van der Waals surface area contributed by atoms with Gasteiger partial charge in [0, 0.05) is 19.2 Å². The summed E-state index contributed by atoms with van der Waals surface area (Å²) in [5, 5.41) is 6.67. The highest BCUT2D eigenvalue weighted by Crippen LogP contribution is 2.25. The molecule has 6 nitrogen and oxygen atoms in total. The molecule has 1 aromatic heterocycles. The van der Waals surface area contributed by atoms with Crippen LogP contribution < -0.4 is 5.32 Å². The van der Waals surface area contributed by atoms with Crippen molar-refractivity contribution in [3.8, 4) is 22.8 Å². The molecule has 3 rings (SSSR count). The molecule has 0 radical (unpaired) electrons. The first-order valence-corrected chi connectivity index (χ1v) is 7.65. The van der Waals surface area contributed by atoms with Gasteiger partial charge < -0.3 is 14.6 Å². The van der Waals surface area contributed by atoms with Crippen molar-refractivity contribution in [2.45, 2.75) is 0 Å². The Morgan fingerprint density at radius 3 is 2.72 bits per heavy atom. The lowest BCUT2D eigenvalue weighted by Crippen LogP contribution is -2.27. The van der Waals surface area contributed by atoms with E-state index in [4.69, 9.17) is 9.26 Å². The van der Waals surface area contributed by atoms with Crippen LogP contribution >= 0.6 is 0 Å². The lowest BCUT2D eigenvalue weighted by atomic mass is 10.1. The molecule has 0 saturated carbocycles. The number of carbonyl (C=O) groups is 1. The van der Waals surface area contributed by atoms with Gasteiger partial charge in [-0.05, 0) is 36.4 Å². The van der Waals surface area contributed by atoms with Crippen molar-refractivity contribution >= 4 is 5.91 Å². The van der Waals surface area contributed by atoms with Crippen LogP contribution in [-0.4, -0.2) is 36.3 Å². The topological polar surface area (TPSA) is 77.2 Å². The van der Waals surface area contributed by atoms with Gasteiger partial charge in [0.1, 0.15) is 5.82 Å². The average molecular weight is 341 g/mol. The Hall–Kier alpha value is -3.06. The van der Waals surface area contributed by atoms with Gasteiger partial charge in [-0.25, -0.2) is 4.39 Å². The predicted octanol–water partition coefficient (Wildman–Crippen LogP) is 2.92. The number of hydrogen-bond donors (Lipinski definition) is 1. The summed E-state index contributed by atoms with van der Waals surface area (Å²) in [4.78, 5) is 16.6. The molecule has 0 atom stereocenters. The third-order valence-electron chi connectivity index (χ3n) is 3.52. The summed E-state index contributed by atoms with van der Waals surface area (Å²) in [5.74, 6) is -0.0545. The molecular formula is C18H16FN3O3. The number of methoxy groups -OCH3 is 1. The number of aromatic nitrogens is 2. The third-order valence-corrected chi connectivity index (χ3v) is 3.52. The van der Waals surface area contributed by atoms with Crippen molar-refractivity contribution in [3.63, 3.8) is 0 Å². The normalized spacial score (nSPS) is 10.6. The van der Waals surface area contributed by atoms with Crippen molar-refractivity contribution in [2.75, 3.05) is 20.3 Å². The molecule has 7 heteroatoms. The number of rotatable bonds is 6. The molecular weight excluding hydrogens is 325 g/mol. The molecule has 0 bridgehead atoms. The van der Waals surface area contributed by atoms with Crippen molar-refractivity contribution in [1.29, 1.82) is 0 Å². The molecule has 0 saturated heterocycles. The first-order chi connectivity index (χ1) is 12.2. The summed E-state index contributed by atoms with van der Waals surface area (Å²) < 4.78 is 23.2. The molecule has 1 amide bonds. The van der Waals surface area contributed by atoms with Crippen molar-refractivity contribution in [1.82, 2.24) is 15.5 Å². The maximum absolute atomic E-state index is 13.0. The molecule has 128 valence electrons. The van der Waals surface area contributed by atoms with Gasteiger partial charge in [-0.3, -0.25) is 4.79 Å². The summed E-state index contributed by atoms with van der Waals surface area (Å²) >= 11 is 0. The maximum Gasteiger partial charge on any atom is 0.259 e. The van der Waals surface area contributed by atoms with Crippen LogP contribution in [0.5, 0.6) is 0 Å². The van der Waals surface area contributed by atoms with Crippen LogP contribution in [0.4, 0.5) is 4.39 Å². The van der Waals surface area contributed by atoms with E-state index in [1.807, 2.05) is 0 Å². The van der Waals surface area contributed by atoms with E-state index in [0.29, 0.717) is 35.7 Å². The highest BCUT2D eigenvalue weighted by atomic mass is 19.1. The molecule has 0 aliphatic carbocycles. The van der Waals surface area contributed by atoms with Gasteiger partial charge in [-0.15, -0.1) is 0 Å². The van der Waals surface area contributed by atoms with E-state index < -0.39 is 0 Å². The largest absolute Gasteiger partial charge is 0.383 e. The number of halogens is 1. The maximum atomic E-state index is 13.0. The van der Waals surface area contributed by atoms with Crippen LogP contribution in [0.2, 0.25) is 0 Å². The zero-order valence-electron chi connectivity index (χ0n) is 13.5. The van der Waals surface area contributed by atoms with Crippen LogP contribution in [0.15, 0.2) is 53.1 Å². The number of amides is 1. The van der Waals surface area contributed by atoms with Gasteiger partial charge in [0.2, 0.25) is 5.82 Å². The molecule has 0 aliphatic heterocycles. The Morgan fingerprint density at radius 2 is 1.96 bits per heavy atom. The van der Waals surface area contributed by atoms with E-state index in [0.717, 1.165) is 0 Å². The first kappa shape index (κ1) is 16.8. The Labute approximate surface area is 143 Å². The lowest BCUT2D eigenvalue weighted by molar-refractivity contribution is 0.0937. The SMILES string of the molecule is COCCNC(=O)c1ccccc1-c1nc(-c2ccc(F)cc2)no1. The number of benzene rings is 2. The van der Waals surface area contributed by atoms with Gasteiger partial charge in [0.25, 0.3) is 11.8 Å². The van der Waals surface area contributed by atoms with Crippen LogP contribution in [0.25, 0.3) is 22.8 Å². The first-order valence-electron chi connectivity index (χ1n) is 7.65. The second-order valence-corrected chi connectivity index (χ2v) is 5.22. The van der Waals surface area contributed by atoms with E-state index in [-0.39, 0.29) is 17.6 Å². The minimum atomic E-state index is -0.342. The summed E-state index contributed by atoms with van der Waals surface area (Å²) in [7, 11) is 1.56. The highest BCUT2D eigenvalue weighted by Gasteiger charge is 2.17. The van der Waals surface area contributed by atoms with Crippen LogP contribution in [0.1, 0.15) is 10.4 Å². The lowest BCUT2D eigenvalue weighted by Gasteiger charge is -2.07. The molecule has 3 aromatic rings. The van der Waals surface area contributed by atoms with Crippen LogP contribution in [-0.2, 0) is 4.74 Å². The van der Waals surface area contributed by atoms with Gasteiger partial charge in [-0.2, -0.15) is 4.98 Å². The number of nitrogens with zero attached hydrogens (tertiary/aromatic N) is 2. The second-order valence-electron chi connectivity index (χ2n) is 5.22. The zero-order valence-corrected chi connectivity index (χ0v) is 13.5. The standard InChI is InChI=1S/C18H16FN3O3/c1-24-11-10-20-17(23)14-4-2-3-5-15(14)18-21-16(22-25-18)12-6-8-13(19)9-7-12/h2-9H,10-11H2,1H3,(H,20,23). The third kappa shape index (κ3) is 3.89. The zero-order chi connectivity index (χ0) is 17.6. The van der Waals surface area contributed by atoms with Gasteiger partial charge in [0.15, 0.2) is 0 Å². The second kappa shape index (κ2) is 7.67. The Morgan fingerprint density at radius 1 is 1.20 bits per heavy atom. The fourth-order valence-corrected chi connectivity index (χ4v) is 2.28. The van der Waals surface area contributed by atoms with E-state index in [1.165, 1.54) is 12.1 Å². The van der Waals surface area contributed by atoms with E-state index in [1.54, 1.807) is 43.5 Å². The molecule has 1 heterocycles. The monoisotopic (exact) mass is 341 g/mol.